The zero-order valence-corrected chi connectivity index (χ0v) is 12.9. The summed E-state index contributed by atoms with van der Waals surface area (Å²) in [5.74, 6) is 0.831. The molecule has 0 spiro atoms. The van der Waals surface area contributed by atoms with Crippen LogP contribution in [0.25, 0.3) is 0 Å². The molecule has 1 rings (SSSR count). The molecule has 0 aliphatic carbocycles. The van der Waals surface area contributed by atoms with Gasteiger partial charge in [-0.1, -0.05) is 0 Å². The third kappa shape index (κ3) is 20.4. The monoisotopic (exact) mass is 342 g/mol. The van der Waals surface area contributed by atoms with Gasteiger partial charge in [-0.25, -0.2) is 0 Å². The maximum atomic E-state index is 7.50. The number of benzene rings is 1. The van der Waals surface area contributed by atoms with Crippen molar-refractivity contribution in [1.29, 1.82) is 0 Å². The summed E-state index contributed by atoms with van der Waals surface area (Å²) in [5, 5.41) is 0. The molecule has 114 valence electrons. The van der Waals surface area contributed by atoms with E-state index in [4.69, 9.17) is 32.7 Å². The van der Waals surface area contributed by atoms with Crippen molar-refractivity contribution >= 4 is 4.57 Å². The van der Waals surface area contributed by atoms with Gasteiger partial charge in [-0.2, -0.15) is 0 Å². The van der Waals surface area contributed by atoms with Gasteiger partial charge in [0.15, 0.2) is 0 Å². The molecule has 0 aliphatic rings. The molecule has 0 heterocycles. The van der Waals surface area contributed by atoms with Gasteiger partial charge in [-0.3, -0.25) is 0 Å². The van der Waals surface area contributed by atoms with Crippen molar-refractivity contribution < 1.29 is 48.6 Å². The van der Waals surface area contributed by atoms with Crippen molar-refractivity contribution in [2.45, 2.75) is 0 Å². The summed E-state index contributed by atoms with van der Waals surface area (Å²) in [6.07, 6.45) is 0. The van der Waals surface area contributed by atoms with Crippen LogP contribution in [0.3, 0.4) is 0 Å². The predicted octanol–water partition coefficient (Wildman–Crippen LogP) is 1.18. The fourth-order valence-electron chi connectivity index (χ4n) is 0.868. The summed E-state index contributed by atoms with van der Waals surface area (Å²) in [4.78, 5) is 0. The molecule has 0 aliphatic heterocycles. The molecule has 0 amide bonds. The molecule has 0 saturated carbocycles. The topological polar surface area (TPSA) is 118 Å². The van der Waals surface area contributed by atoms with Crippen molar-refractivity contribution in [3.8, 4) is 5.75 Å². The molecular weight excluding hydrogens is 332 g/mol. The summed E-state index contributed by atoms with van der Waals surface area (Å²) in [6.45, 7) is 22.5. The van der Waals surface area contributed by atoms with Crippen LogP contribution in [-0.4, -0.2) is 18.8 Å². The molecule has 0 N–H and O–H groups in total. The van der Waals surface area contributed by atoms with Crippen LogP contribution < -0.4 is 4.74 Å². The third-order valence-corrected chi connectivity index (χ3v) is 2.12. The summed E-state index contributed by atoms with van der Waals surface area (Å²) < 4.78 is 48.4. The molecule has 0 fully saturated rings. The van der Waals surface area contributed by atoms with E-state index in [1.165, 1.54) is 0 Å². The zero-order chi connectivity index (χ0) is 19.0. The average molecular weight is 342 g/mol. The van der Waals surface area contributed by atoms with Crippen LogP contribution in [0.1, 0.15) is 5.56 Å². The van der Waals surface area contributed by atoms with Gasteiger partial charge in [0.05, 0.1) is 0 Å². The first-order chi connectivity index (χ1) is 10.8. The Morgan fingerprint density at radius 3 is 1.59 bits per heavy atom. The van der Waals surface area contributed by atoms with E-state index in [-0.39, 0.29) is 0 Å². The van der Waals surface area contributed by atoms with Gasteiger partial charge in [0, 0.05) is 0 Å². The number of methoxy groups -OCH3 is 2. The van der Waals surface area contributed by atoms with Crippen molar-refractivity contribution in [3.63, 3.8) is 0 Å². The first kappa shape index (κ1) is 32.1. The van der Waals surface area contributed by atoms with Gasteiger partial charge < -0.3 is 0 Å². The Labute approximate surface area is 136 Å². The van der Waals surface area contributed by atoms with Gasteiger partial charge in [0.25, 0.3) is 0 Å². The van der Waals surface area contributed by atoms with Crippen molar-refractivity contribution in [1.82, 2.24) is 0 Å². The summed E-state index contributed by atoms with van der Waals surface area (Å²) in [6, 6.07) is 7.68. The van der Waals surface area contributed by atoms with E-state index in [1.807, 2.05) is 24.3 Å². The second kappa shape index (κ2) is 36.5. The minimum atomic E-state index is 0.772. The van der Waals surface area contributed by atoms with Gasteiger partial charge in [0.1, 0.15) is 0 Å². The molecular formula is C14H10CrO7. The van der Waals surface area contributed by atoms with E-state index in [9.17, 15) is 0 Å². The maximum absolute atomic E-state index is 7.50. The standard InChI is InChI=1S/C9H10O2.5CO.Cr/c1-10-7-8-4-3-5-9(6-8)11-2;5*1-2;/h3-6H,1-2H3;;;;;;. The van der Waals surface area contributed by atoms with Gasteiger partial charge in [-0.05, 0) is 0 Å². The Kier molecular flexibility index (Phi) is 53.3. The number of hydrogen-bond donors (Lipinski definition) is 0. The second-order valence-electron chi connectivity index (χ2n) is 2.22. The zero-order valence-electron chi connectivity index (χ0n) is 11.6. The Hall–Kier alpha value is -1.92. The van der Waals surface area contributed by atoms with Crippen molar-refractivity contribution in [2.24, 2.45) is 0 Å². The minimum absolute atomic E-state index is 0.772. The van der Waals surface area contributed by atoms with Crippen LogP contribution in [-0.2, 0) is 43.8 Å². The fraction of sp³-hybridized carbons (Fsp3) is 0.143. The van der Waals surface area contributed by atoms with E-state index < -0.39 is 0 Å². The first-order valence-electron chi connectivity index (χ1n) is 4.52. The molecule has 22 heavy (non-hydrogen) atoms. The molecule has 1 aromatic carbocycles. The van der Waals surface area contributed by atoms with Crippen molar-refractivity contribution in [2.75, 3.05) is 14.2 Å². The number of ether oxygens (including phenoxy) is 2. The van der Waals surface area contributed by atoms with Crippen LogP contribution in [0, 0.1) is 33.3 Å². The second-order valence-corrected chi connectivity index (χ2v) is 2.80. The van der Waals surface area contributed by atoms with E-state index in [0.29, 0.717) is 0 Å². The predicted molar refractivity (Wildman–Crippen MR) is 63.8 cm³/mol. The first-order valence-corrected chi connectivity index (χ1v) is 5.16. The van der Waals surface area contributed by atoms with E-state index in [2.05, 4.69) is 49.1 Å². The Balaban J connectivity index is -0.0000000822. The van der Waals surface area contributed by atoms with Crippen LogP contribution in [0.5, 0.6) is 5.75 Å². The molecule has 0 atom stereocenters. The molecule has 1 aromatic rings. The van der Waals surface area contributed by atoms with Gasteiger partial charge in [0.2, 0.25) is 0 Å². The summed E-state index contributed by atoms with van der Waals surface area (Å²) in [7, 11) is 3.27. The number of hydrogen-bond acceptors (Lipinski definition) is 2. The van der Waals surface area contributed by atoms with Crippen LogP contribution >= 0.6 is 0 Å². The van der Waals surface area contributed by atoms with E-state index >= 15 is 0 Å². The van der Waals surface area contributed by atoms with E-state index in [0.717, 1.165) is 15.9 Å². The van der Waals surface area contributed by atoms with E-state index in [1.54, 1.807) is 14.2 Å². The van der Waals surface area contributed by atoms with Gasteiger partial charge >= 0.3 is 136 Å². The SMILES string of the molecule is CO[C](=[Cr])c1cccc(OC)c1.[C-]#[O+].[C-]#[O+].[C-]#[O+].[C-]#[O+].[C-]#[O+]. The van der Waals surface area contributed by atoms with Crippen LogP contribution in [0.4, 0.5) is 0 Å². The molecule has 0 unspecified atom stereocenters. The van der Waals surface area contributed by atoms with Crippen molar-refractivity contribution in [3.05, 3.63) is 63.1 Å². The Morgan fingerprint density at radius 1 is 0.864 bits per heavy atom. The molecule has 0 radical (unpaired) electrons. The fourth-order valence-corrected chi connectivity index (χ4v) is 1.07. The molecule has 7 nitrogen and oxygen atoms in total. The Bertz CT molecular complexity index is 437. The molecule has 0 saturated heterocycles. The van der Waals surface area contributed by atoms with Gasteiger partial charge in [-0.15, -0.1) is 0 Å². The summed E-state index contributed by atoms with van der Waals surface area (Å²) in [5.41, 5.74) is 0.997. The molecule has 8 heteroatoms. The van der Waals surface area contributed by atoms with Crippen LogP contribution in [0.15, 0.2) is 24.3 Å². The number of rotatable bonds is 3. The Morgan fingerprint density at radius 2 is 1.27 bits per heavy atom. The van der Waals surface area contributed by atoms with Crippen LogP contribution in [0.2, 0.25) is 0 Å². The quantitative estimate of drug-likeness (QED) is 0.605. The normalized spacial score (nSPS) is 5.64. The molecule has 0 aromatic heterocycles. The third-order valence-electron chi connectivity index (χ3n) is 1.49. The molecule has 0 bridgehead atoms. The summed E-state index contributed by atoms with van der Waals surface area (Å²) >= 11 is 2.83. The average Bonchev–Trinajstić information content (AvgIpc) is 2.69.